The molecule has 0 aliphatic heterocycles. The van der Waals surface area contributed by atoms with Crippen LogP contribution in [-0.2, 0) is 23.7 Å². The minimum Gasteiger partial charge on any atom is -0.207 e. The molecular weight excluding hydrogens is 415 g/mol. The van der Waals surface area contributed by atoms with E-state index in [9.17, 15) is 4.39 Å². The van der Waals surface area contributed by atoms with Crippen molar-refractivity contribution in [1.29, 1.82) is 0 Å². The third-order valence-electron chi connectivity index (χ3n) is 8.90. The maximum atomic E-state index is 13.8. The zero-order valence-electron chi connectivity index (χ0n) is 21.4. The molecule has 0 radical (unpaired) electrons. The molecule has 2 aromatic rings. The minimum atomic E-state index is -0.0133. The van der Waals surface area contributed by atoms with Gasteiger partial charge in [-0.3, -0.25) is 0 Å². The summed E-state index contributed by atoms with van der Waals surface area (Å²) in [5.41, 5.74) is 5.59. The summed E-state index contributed by atoms with van der Waals surface area (Å²) in [5, 5.41) is 0.970. The fraction of sp³-hybridized carbons (Fsp3) is 0.600. The highest BCUT2D eigenvalue weighted by atomic mass is 35.5. The second-order valence-corrected chi connectivity index (χ2v) is 11.6. The first-order chi connectivity index (χ1) is 15.0. The molecular formula is C30H42ClF. The average molecular weight is 457 g/mol. The predicted octanol–water partition coefficient (Wildman–Crippen LogP) is 9.16. The summed E-state index contributed by atoms with van der Waals surface area (Å²) in [7, 11) is 0. The van der Waals surface area contributed by atoms with Crippen LogP contribution < -0.4 is 0 Å². The molecule has 32 heavy (non-hydrogen) atoms. The highest BCUT2D eigenvalue weighted by molar-refractivity contribution is 6.31. The summed E-state index contributed by atoms with van der Waals surface area (Å²) in [6.07, 6.45) is 4.44. The summed E-state index contributed by atoms with van der Waals surface area (Å²) >= 11 is 6.44. The lowest BCUT2D eigenvalue weighted by molar-refractivity contribution is 0.218. The molecule has 0 aromatic heterocycles. The van der Waals surface area contributed by atoms with Gasteiger partial charge in [-0.25, -0.2) is 4.39 Å². The van der Waals surface area contributed by atoms with Crippen LogP contribution in [-0.4, -0.2) is 0 Å². The van der Waals surface area contributed by atoms with Crippen LogP contribution in [0.3, 0.4) is 0 Å². The van der Waals surface area contributed by atoms with E-state index in [2.05, 4.69) is 73.6 Å². The molecule has 0 spiro atoms. The zero-order valence-corrected chi connectivity index (χ0v) is 22.1. The van der Waals surface area contributed by atoms with Crippen molar-refractivity contribution in [2.24, 2.45) is 23.7 Å². The van der Waals surface area contributed by atoms with Crippen molar-refractivity contribution in [3.8, 4) is 0 Å². The minimum absolute atomic E-state index is 0.0133. The van der Waals surface area contributed by atoms with Gasteiger partial charge in [0, 0.05) is 15.9 Å². The first-order valence-corrected chi connectivity index (χ1v) is 12.9. The molecule has 2 aliphatic carbocycles. The SMILES string of the molecule is CC(C)C1(C(C)C)CCc2c(F)cccc21.CC(C)C1(C(C)C)CCc2cccc(Cl)c21. The largest absolute Gasteiger partial charge is 0.207 e. The molecule has 0 amide bonds. The Morgan fingerprint density at radius 3 is 1.81 bits per heavy atom. The van der Waals surface area contributed by atoms with E-state index in [-0.39, 0.29) is 16.6 Å². The van der Waals surface area contributed by atoms with Gasteiger partial charge in [0.1, 0.15) is 5.82 Å². The van der Waals surface area contributed by atoms with Crippen molar-refractivity contribution in [1.82, 2.24) is 0 Å². The van der Waals surface area contributed by atoms with Crippen molar-refractivity contribution in [2.45, 2.75) is 91.9 Å². The van der Waals surface area contributed by atoms with Crippen LogP contribution in [0.15, 0.2) is 36.4 Å². The quantitative estimate of drug-likeness (QED) is 0.430. The van der Waals surface area contributed by atoms with Gasteiger partial charge in [0.05, 0.1) is 0 Å². The van der Waals surface area contributed by atoms with Gasteiger partial charge in [-0.05, 0) is 83.7 Å². The van der Waals surface area contributed by atoms with Gasteiger partial charge in [0.2, 0.25) is 0 Å². The van der Waals surface area contributed by atoms with E-state index in [1.807, 2.05) is 12.1 Å². The molecule has 0 fully saturated rings. The summed E-state index contributed by atoms with van der Waals surface area (Å²) in [4.78, 5) is 0. The van der Waals surface area contributed by atoms with Gasteiger partial charge >= 0.3 is 0 Å². The van der Waals surface area contributed by atoms with Crippen molar-refractivity contribution in [3.63, 3.8) is 0 Å². The van der Waals surface area contributed by atoms with Crippen molar-refractivity contribution >= 4 is 11.6 Å². The Morgan fingerprint density at radius 2 is 1.25 bits per heavy atom. The summed E-state index contributed by atoms with van der Waals surface area (Å²) in [6.45, 7) is 18.4. The van der Waals surface area contributed by atoms with Gasteiger partial charge in [-0.2, -0.15) is 0 Å². The Labute approximate surface area is 201 Å². The summed E-state index contributed by atoms with van der Waals surface area (Å²) in [5.74, 6) is 2.41. The van der Waals surface area contributed by atoms with Gasteiger partial charge < -0.3 is 0 Å². The van der Waals surface area contributed by atoms with Crippen LogP contribution in [0.25, 0.3) is 0 Å². The predicted molar refractivity (Wildman–Crippen MR) is 137 cm³/mol. The first kappa shape index (κ1) is 25.3. The molecule has 176 valence electrons. The van der Waals surface area contributed by atoms with Gasteiger partial charge in [-0.15, -0.1) is 0 Å². The second-order valence-electron chi connectivity index (χ2n) is 11.2. The van der Waals surface area contributed by atoms with E-state index in [0.29, 0.717) is 23.7 Å². The number of benzene rings is 2. The summed E-state index contributed by atoms with van der Waals surface area (Å²) in [6, 6.07) is 12.0. The molecule has 2 heteroatoms. The molecule has 0 bridgehead atoms. The maximum absolute atomic E-state index is 13.8. The number of halogens is 2. The van der Waals surface area contributed by atoms with Crippen LogP contribution in [0.5, 0.6) is 0 Å². The molecule has 0 saturated heterocycles. The maximum Gasteiger partial charge on any atom is 0.126 e. The van der Waals surface area contributed by atoms with E-state index < -0.39 is 0 Å². The van der Waals surface area contributed by atoms with Crippen LogP contribution in [0, 0.1) is 29.5 Å². The topological polar surface area (TPSA) is 0 Å². The first-order valence-electron chi connectivity index (χ1n) is 12.6. The van der Waals surface area contributed by atoms with Gasteiger partial charge in [0.15, 0.2) is 0 Å². The molecule has 0 atom stereocenters. The van der Waals surface area contributed by atoms with Crippen LogP contribution in [0.1, 0.15) is 90.5 Å². The molecule has 0 heterocycles. The number of aryl methyl sites for hydroxylation is 1. The van der Waals surface area contributed by atoms with E-state index in [4.69, 9.17) is 11.6 Å². The highest BCUT2D eigenvalue weighted by Crippen LogP contribution is 2.52. The number of hydrogen-bond donors (Lipinski definition) is 0. The van der Waals surface area contributed by atoms with Crippen LogP contribution >= 0.6 is 11.6 Å². The molecule has 2 aliphatic rings. The molecule has 0 saturated carbocycles. The van der Waals surface area contributed by atoms with Crippen molar-refractivity contribution in [3.05, 3.63) is 69.5 Å². The van der Waals surface area contributed by atoms with Crippen LogP contribution in [0.4, 0.5) is 4.39 Å². The van der Waals surface area contributed by atoms with Gasteiger partial charge in [-0.1, -0.05) is 91.3 Å². The second kappa shape index (κ2) is 9.49. The fourth-order valence-electron chi connectivity index (χ4n) is 7.17. The highest BCUT2D eigenvalue weighted by Gasteiger charge is 2.45. The Morgan fingerprint density at radius 1 is 0.719 bits per heavy atom. The summed E-state index contributed by atoms with van der Waals surface area (Å²) < 4.78 is 13.8. The average Bonchev–Trinajstić information content (AvgIpc) is 3.30. The van der Waals surface area contributed by atoms with Gasteiger partial charge in [0.25, 0.3) is 0 Å². The number of rotatable bonds is 4. The van der Waals surface area contributed by atoms with Crippen molar-refractivity contribution in [2.75, 3.05) is 0 Å². The lowest BCUT2D eigenvalue weighted by Gasteiger charge is -2.39. The third-order valence-corrected chi connectivity index (χ3v) is 9.22. The van der Waals surface area contributed by atoms with Crippen LogP contribution in [0.2, 0.25) is 5.02 Å². The molecule has 0 N–H and O–H groups in total. The standard InChI is InChI=1S/C15H21Cl.C15H21F/c1-10(2)15(11(3)4)9-8-12-6-5-7-13(16)14(12)15;1-10(2)15(11(3)4)9-8-12-13(15)6-5-7-14(12)16/h2*5-7,10-11H,8-9H2,1-4H3. The van der Waals surface area contributed by atoms with E-state index >= 15 is 0 Å². The Balaban J connectivity index is 0.000000181. The smallest absolute Gasteiger partial charge is 0.126 e. The number of fused-ring (bicyclic) bond motifs is 2. The van der Waals surface area contributed by atoms with E-state index in [0.717, 1.165) is 23.4 Å². The number of hydrogen-bond acceptors (Lipinski definition) is 0. The molecule has 4 rings (SSSR count). The lowest BCUT2D eigenvalue weighted by Crippen LogP contribution is -2.35. The normalized spacial score (nSPS) is 18.2. The third kappa shape index (κ3) is 3.93. The Kier molecular flexibility index (Phi) is 7.50. The fourth-order valence-corrected chi connectivity index (χ4v) is 7.54. The monoisotopic (exact) mass is 456 g/mol. The van der Waals surface area contributed by atoms with Crippen molar-refractivity contribution < 1.29 is 4.39 Å². The molecule has 0 unspecified atom stereocenters. The lowest BCUT2D eigenvalue weighted by atomic mass is 9.65. The van der Waals surface area contributed by atoms with E-state index in [1.54, 1.807) is 6.07 Å². The van der Waals surface area contributed by atoms with E-state index in [1.165, 1.54) is 29.5 Å². The molecule has 2 aromatic carbocycles. The molecule has 0 nitrogen and oxygen atoms in total. The Bertz CT molecular complexity index is 922. The zero-order chi connectivity index (χ0) is 23.8. The Hall–Kier alpha value is -1.34.